The van der Waals surface area contributed by atoms with E-state index >= 15 is 0 Å². The largest absolute Gasteiger partial charge is 0.496 e. The van der Waals surface area contributed by atoms with Crippen molar-refractivity contribution in [1.29, 1.82) is 0 Å². The zero-order valence-electron chi connectivity index (χ0n) is 8.92. The van der Waals surface area contributed by atoms with Gasteiger partial charge in [0.1, 0.15) is 5.75 Å². The summed E-state index contributed by atoms with van der Waals surface area (Å²) in [5, 5.41) is 0. The van der Waals surface area contributed by atoms with E-state index in [1.807, 2.05) is 6.07 Å². The van der Waals surface area contributed by atoms with E-state index in [4.69, 9.17) is 10.5 Å². The molecule has 1 saturated carbocycles. The Morgan fingerprint density at radius 1 is 1.47 bits per heavy atom. The zero-order valence-corrected chi connectivity index (χ0v) is 10.5. The lowest BCUT2D eigenvalue weighted by Crippen LogP contribution is -2.14. The summed E-state index contributed by atoms with van der Waals surface area (Å²) >= 11 is 3.62. The van der Waals surface area contributed by atoms with Crippen molar-refractivity contribution in [2.45, 2.75) is 24.7 Å². The normalized spacial score (nSPS) is 17.5. The summed E-state index contributed by atoms with van der Waals surface area (Å²) in [7, 11) is 1.70. The van der Waals surface area contributed by atoms with Crippen LogP contribution < -0.4 is 10.5 Å². The van der Waals surface area contributed by atoms with Crippen molar-refractivity contribution >= 4 is 15.9 Å². The summed E-state index contributed by atoms with van der Waals surface area (Å²) in [5.41, 5.74) is 7.34. The molecule has 1 aromatic rings. The van der Waals surface area contributed by atoms with Crippen LogP contribution in [0.5, 0.6) is 5.75 Å². The number of hydrogen-bond donors (Lipinski definition) is 1. The topological polar surface area (TPSA) is 35.2 Å². The minimum atomic E-state index is 0.322. The fourth-order valence-electron chi connectivity index (χ4n) is 2.16. The predicted molar refractivity (Wildman–Crippen MR) is 65.3 cm³/mol. The molecule has 82 valence electrons. The van der Waals surface area contributed by atoms with E-state index in [0.29, 0.717) is 5.41 Å². The average Bonchev–Trinajstić information content (AvgIpc) is 3.00. The van der Waals surface area contributed by atoms with Crippen LogP contribution in [-0.4, -0.2) is 13.7 Å². The van der Waals surface area contributed by atoms with Crippen molar-refractivity contribution in [2.75, 3.05) is 13.7 Å². The van der Waals surface area contributed by atoms with Crippen molar-refractivity contribution in [3.63, 3.8) is 0 Å². The monoisotopic (exact) mass is 269 g/mol. The third kappa shape index (κ3) is 1.91. The van der Waals surface area contributed by atoms with Gasteiger partial charge in [0, 0.05) is 0 Å². The molecule has 0 unspecified atom stereocenters. The highest BCUT2D eigenvalue weighted by Crippen LogP contribution is 2.54. The Labute approximate surface area is 98.9 Å². The van der Waals surface area contributed by atoms with Crippen LogP contribution in [0.4, 0.5) is 0 Å². The van der Waals surface area contributed by atoms with Crippen LogP contribution in [0.25, 0.3) is 0 Å². The summed E-state index contributed by atoms with van der Waals surface area (Å²) < 4.78 is 6.40. The first-order chi connectivity index (χ1) is 7.23. The van der Waals surface area contributed by atoms with Crippen molar-refractivity contribution in [3.05, 3.63) is 28.2 Å². The fraction of sp³-hybridized carbons (Fsp3) is 0.500. The molecule has 2 nitrogen and oxygen atoms in total. The van der Waals surface area contributed by atoms with Crippen LogP contribution in [0, 0.1) is 0 Å². The van der Waals surface area contributed by atoms with Crippen molar-refractivity contribution in [2.24, 2.45) is 5.73 Å². The highest BCUT2D eigenvalue weighted by atomic mass is 79.9. The molecule has 15 heavy (non-hydrogen) atoms. The minimum Gasteiger partial charge on any atom is -0.496 e. The van der Waals surface area contributed by atoms with Gasteiger partial charge < -0.3 is 10.5 Å². The number of benzene rings is 1. The number of methoxy groups -OCH3 is 1. The van der Waals surface area contributed by atoms with Gasteiger partial charge in [-0.1, -0.05) is 12.1 Å². The van der Waals surface area contributed by atoms with Gasteiger partial charge in [0.15, 0.2) is 0 Å². The minimum absolute atomic E-state index is 0.322. The number of nitrogens with two attached hydrogens (primary N) is 1. The number of halogens is 1. The SMILES string of the molecule is COc1cccc(C2(CCN)CC2)c1Br. The molecule has 3 heteroatoms. The standard InChI is InChI=1S/C12H16BrNO/c1-15-10-4-2-3-9(11(10)13)12(5-6-12)7-8-14/h2-4H,5-8,14H2,1H3. The highest BCUT2D eigenvalue weighted by molar-refractivity contribution is 9.10. The zero-order chi connectivity index (χ0) is 10.9. The fourth-order valence-corrected chi connectivity index (χ4v) is 3.01. The summed E-state index contributed by atoms with van der Waals surface area (Å²) in [4.78, 5) is 0. The molecule has 0 atom stereocenters. The van der Waals surface area contributed by atoms with E-state index in [1.165, 1.54) is 18.4 Å². The summed E-state index contributed by atoms with van der Waals surface area (Å²) in [6.07, 6.45) is 3.56. The van der Waals surface area contributed by atoms with Gasteiger partial charge in [-0.25, -0.2) is 0 Å². The first-order valence-corrected chi connectivity index (χ1v) is 6.06. The Balaban J connectivity index is 2.36. The summed E-state index contributed by atoms with van der Waals surface area (Å²) in [5.74, 6) is 0.913. The van der Waals surface area contributed by atoms with Gasteiger partial charge in [0.2, 0.25) is 0 Å². The molecule has 1 aliphatic carbocycles. The first-order valence-electron chi connectivity index (χ1n) is 5.26. The highest BCUT2D eigenvalue weighted by Gasteiger charge is 2.44. The maximum absolute atomic E-state index is 5.67. The van der Waals surface area contributed by atoms with Gasteiger partial charge in [-0.3, -0.25) is 0 Å². The Bertz CT molecular complexity index is 361. The second-order valence-corrected chi connectivity index (χ2v) is 4.93. The molecule has 0 aliphatic heterocycles. The lowest BCUT2D eigenvalue weighted by Gasteiger charge is -2.17. The van der Waals surface area contributed by atoms with E-state index in [2.05, 4.69) is 28.1 Å². The molecule has 0 spiro atoms. The molecule has 1 fully saturated rings. The lowest BCUT2D eigenvalue weighted by atomic mass is 9.92. The third-order valence-electron chi connectivity index (χ3n) is 3.23. The molecule has 1 aliphatic rings. The first kappa shape index (κ1) is 11.0. The number of hydrogen-bond acceptors (Lipinski definition) is 2. The molecule has 0 amide bonds. The molecule has 2 rings (SSSR count). The average molecular weight is 270 g/mol. The molecule has 0 saturated heterocycles. The van der Waals surface area contributed by atoms with Crippen LogP contribution in [0.1, 0.15) is 24.8 Å². The lowest BCUT2D eigenvalue weighted by molar-refractivity contribution is 0.410. The van der Waals surface area contributed by atoms with Gasteiger partial charge >= 0.3 is 0 Å². The maximum atomic E-state index is 5.67. The third-order valence-corrected chi connectivity index (χ3v) is 4.05. The predicted octanol–water partition coefficient (Wildman–Crippen LogP) is 2.84. The van der Waals surface area contributed by atoms with Crippen LogP contribution >= 0.6 is 15.9 Å². The van der Waals surface area contributed by atoms with E-state index in [0.717, 1.165) is 23.2 Å². The molecule has 1 aromatic carbocycles. The molecular weight excluding hydrogens is 254 g/mol. The second kappa shape index (κ2) is 4.14. The molecule has 0 aromatic heterocycles. The van der Waals surface area contributed by atoms with Crippen molar-refractivity contribution in [1.82, 2.24) is 0 Å². The van der Waals surface area contributed by atoms with Gasteiger partial charge in [0.25, 0.3) is 0 Å². The molecule has 0 heterocycles. The molecule has 0 bridgehead atoms. The maximum Gasteiger partial charge on any atom is 0.133 e. The van der Waals surface area contributed by atoms with Gasteiger partial charge in [-0.15, -0.1) is 0 Å². The Hall–Kier alpha value is -0.540. The van der Waals surface area contributed by atoms with Crippen molar-refractivity contribution in [3.8, 4) is 5.75 Å². The summed E-state index contributed by atoms with van der Waals surface area (Å²) in [6.45, 7) is 0.754. The van der Waals surface area contributed by atoms with Gasteiger partial charge in [-0.05, 0) is 58.8 Å². The van der Waals surface area contributed by atoms with Crippen LogP contribution in [0.3, 0.4) is 0 Å². The van der Waals surface area contributed by atoms with Crippen molar-refractivity contribution < 1.29 is 4.74 Å². The summed E-state index contributed by atoms with van der Waals surface area (Å²) in [6, 6.07) is 6.21. The molecular formula is C12H16BrNO. The Morgan fingerprint density at radius 3 is 2.73 bits per heavy atom. The van der Waals surface area contributed by atoms with Gasteiger partial charge in [0.05, 0.1) is 11.6 Å². The Kier molecular flexibility index (Phi) is 3.03. The van der Waals surface area contributed by atoms with E-state index < -0.39 is 0 Å². The van der Waals surface area contributed by atoms with E-state index in [-0.39, 0.29) is 0 Å². The smallest absolute Gasteiger partial charge is 0.133 e. The number of ether oxygens (including phenoxy) is 1. The quantitative estimate of drug-likeness (QED) is 0.913. The van der Waals surface area contributed by atoms with Crippen LogP contribution in [-0.2, 0) is 5.41 Å². The van der Waals surface area contributed by atoms with Crippen LogP contribution in [0.15, 0.2) is 22.7 Å². The second-order valence-electron chi connectivity index (χ2n) is 4.14. The Morgan fingerprint density at radius 2 is 2.20 bits per heavy atom. The number of rotatable bonds is 4. The molecule has 0 radical (unpaired) electrons. The van der Waals surface area contributed by atoms with E-state index in [9.17, 15) is 0 Å². The van der Waals surface area contributed by atoms with Crippen LogP contribution in [0.2, 0.25) is 0 Å². The molecule has 2 N–H and O–H groups in total. The van der Waals surface area contributed by atoms with E-state index in [1.54, 1.807) is 7.11 Å². The van der Waals surface area contributed by atoms with Gasteiger partial charge in [-0.2, -0.15) is 0 Å².